The minimum atomic E-state index is -0.271. The van der Waals surface area contributed by atoms with Crippen LogP contribution in [0.4, 0.5) is 5.13 Å². The normalized spacial score (nSPS) is 22.8. The second-order valence-electron chi connectivity index (χ2n) is 5.59. The smallest absolute Gasteiger partial charge is 0.233 e. The number of aromatic nitrogens is 2. The van der Waals surface area contributed by atoms with Crippen LogP contribution in [0.25, 0.3) is 0 Å². The van der Waals surface area contributed by atoms with Crippen LogP contribution in [0.15, 0.2) is 16.5 Å². The number of nitrogens with zero attached hydrogens (tertiary/aromatic N) is 3. The summed E-state index contributed by atoms with van der Waals surface area (Å²) >= 11 is 2.87. The molecule has 1 N–H and O–H groups in total. The van der Waals surface area contributed by atoms with Crippen LogP contribution in [0.1, 0.15) is 26.2 Å². The average molecular weight is 366 g/mol. The number of nitrogens with one attached hydrogen (secondary N) is 1. The Hall–Kier alpha value is -1.74. The summed E-state index contributed by atoms with van der Waals surface area (Å²) in [6.07, 6.45) is 5.19. The van der Waals surface area contributed by atoms with Crippen molar-refractivity contribution in [2.75, 3.05) is 17.6 Å². The van der Waals surface area contributed by atoms with Gasteiger partial charge in [0, 0.05) is 13.0 Å². The molecule has 0 aromatic carbocycles. The SMILES string of the molecule is CCSc1nnc(NC(=O)CCN2C(=O)[C@@H]3CC=CC[C@H]3C2=O)s1. The highest BCUT2D eigenvalue weighted by molar-refractivity contribution is 8.01. The second kappa shape index (κ2) is 7.43. The van der Waals surface area contributed by atoms with Crippen molar-refractivity contribution in [1.29, 1.82) is 0 Å². The molecule has 7 nitrogen and oxygen atoms in total. The fraction of sp³-hybridized carbons (Fsp3) is 0.533. The summed E-state index contributed by atoms with van der Waals surface area (Å²) in [4.78, 5) is 37.9. The van der Waals surface area contributed by atoms with Gasteiger partial charge in [-0.15, -0.1) is 10.2 Å². The number of imide groups is 1. The maximum atomic E-state index is 12.3. The van der Waals surface area contributed by atoms with Crippen molar-refractivity contribution in [3.63, 3.8) is 0 Å². The number of fused-ring (bicyclic) bond motifs is 1. The van der Waals surface area contributed by atoms with E-state index in [1.54, 1.807) is 11.8 Å². The van der Waals surface area contributed by atoms with Crippen LogP contribution in [0, 0.1) is 11.8 Å². The molecule has 1 aromatic rings. The van der Waals surface area contributed by atoms with Gasteiger partial charge in [0.2, 0.25) is 22.9 Å². The lowest BCUT2D eigenvalue weighted by molar-refractivity contribution is -0.140. The summed E-state index contributed by atoms with van der Waals surface area (Å²) < 4.78 is 0.800. The van der Waals surface area contributed by atoms with E-state index in [1.807, 2.05) is 19.1 Å². The fourth-order valence-electron chi connectivity index (χ4n) is 2.93. The number of allylic oxidation sites excluding steroid dienone is 2. The maximum absolute atomic E-state index is 12.3. The van der Waals surface area contributed by atoms with Gasteiger partial charge in [-0.1, -0.05) is 42.2 Å². The first kappa shape index (κ1) is 17.1. The van der Waals surface area contributed by atoms with E-state index in [0.717, 1.165) is 10.1 Å². The van der Waals surface area contributed by atoms with Gasteiger partial charge in [0.15, 0.2) is 4.34 Å². The van der Waals surface area contributed by atoms with E-state index in [9.17, 15) is 14.4 Å². The number of rotatable bonds is 6. The molecule has 0 saturated carbocycles. The van der Waals surface area contributed by atoms with E-state index in [-0.39, 0.29) is 42.5 Å². The van der Waals surface area contributed by atoms with Gasteiger partial charge < -0.3 is 5.32 Å². The first-order valence-electron chi connectivity index (χ1n) is 7.86. The molecule has 0 bridgehead atoms. The van der Waals surface area contributed by atoms with Gasteiger partial charge in [-0.05, 0) is 18.6 Å². The zero-order valence-corrected chi connectivity index (χ0v) is 14.9. The summed E-state index contributed by atoms with van der Waals surface area (Å²) in [5.41, 5.74) is 0. The molecular weight excluding hydrogens is 348 g/mol. The van der Waals surface area contributed by atoms with Crippen LogP contribution in [-0.2, 0) is 14.4 Å². The molecule has 9 heteroatoms. The summed E-state index contributed by atoms with van der Waals surface area (Å²) in [5.74, 6) is -0.184. The Balaban J connectivity index is 1.52. The first-order valence-corrected chi connectivity index (χ1v) is 9.66. The predicted octanol–water partition coefficient (Wildman–Crippen LogP) is 1.93. The lowest BCUT2D eigenvalue weighted by atomic mass is 9.85. The maximum Gasteiger partial charge on any atom is 0.233 e. The van der Waals surface area contributed by atoms with E-state index >= 15 is 0 Å². The molecule has 1 aliphatic heterocycles. The van der Waals surface area contributed by atoms with Crippen LogP contribution in [0.3, 0.4) is 0 Å². The average Bonchev–Trinajstić information content (AvgIpc) is 3.10. The van der Waals surface area contributed by atoms with Crippen molar-refractivity contribution in [3.8, 4) is 0 Å². The molecule has 24 heavy (non-hydrogen) atoms. The highest BCUT2D eigenvalue weighted by Gasteiger charge is 2.46. The molecule has 128 valence electrons. The van der Waals surface area contributed by atoms with Gasteiger partial charge in [-0.2, -0.15) is 0 Å². The van der Waals surface area contributed by atoms with Crippen LogP contribution >= 0.6 is 23.1 Å². The molecule has 1 fully saturated rings. The van der Waals surface area contributed by atoms with Gasteiger partial charge in [-0.25, -0.2) is 0 Å². The summed E-state index contributed by atoms with van der Waals surface area (Å²) in [7, 11) is 0. The number of thioether (sulfide) groups is 1. The molecule has 0 spiro atoms. The van der Waals surface area contributed by atoms with Crippen LogP contribution < -0.4 is 5.32 Å². The number of anilines is 1. The number of likely N-dealkylation sites (tertiary alicyclic amines) is 1. The van der Waals surface area contributed by atoms with Crippen molar-refractivity contribution in [2.24, 2.45) is 11.8 Å². The highest BCUT2D eigenvalue weighted by Crippen LogP contribution is 2.35. The van der Waals surface area contributed by atoms with E-state index in [4.69, 9.17) is 0 Å². The van der Waals surface area contributed by atoms with E-state index in [2.05, 4.69) is 15.5 Å². The summed E-state index contributed by atoms with van der Waals surface area (Å²) in [5, 5.41) is 11.0. The lowest BCUT2D eigenvalue weighted by Crippen LogP contribution is -2.34. The molecule has 0 unspecified atom stereocenters. The van der Waals surface area contributed by atoms with Crippen molar-refractivity contribution in [1.82, 2.24) is 15.1 Å². The summed E-state index contributed by atoms with van der Waals surface area (Å²) in [6, 6.07) is 0. The van der Waals surface area contributed by atoms with E-state index in [0.29, 0.717) is 18.0 Å². The third-order valence-corrected chi connectivity index (χ3v) is 5.94. The molecule has 3 amide bonds. The number of carbonyl (C=O) groups excluding carboxylic acids is 3. The molecular formula is C15H18N4O3S2. The molecule has 0 radical (unpaired) electrons. The Kier molecular flexibility index (Phi) is 5.30. The monoisotopic (exact) mass is 366 g/mol. The largest absolute Gasteiger partial charge is 0.300 e. The second-order valence-corrected chi connectivity index (χ2v) is 8.08. The van der Waals surface area contributed by atoms with Crippen molar-refractivity contribution < 1.29 is 14.4 Å². The third-order valence-electron chi connectivity index (χ3n) is 4.08. The zero-order valence-electron chi connectivity index (χ0n) is 13.2. The quantitative estimate of drug-likeness (QED) is 0.358. The van der Waals surface area contributed by atoms with Crippen LogP contribution in [-0.4, -0.2) is 45.1 Å². The Morgan fingerprint density at radius 2 is 1.96 bits per heavy atom. The lowest BCUT2D eigenvalue weighted by Gasteiger charge is -2.14. The Morgan fingerprint density at radius 3 is 2.58 bits per heavy atom. The van der Waals surface area contributed by atoms with Gasteiger partial charge in [-0.3, -0.25) is 19.3 Å². The molecule has 1 saturated heterocycles. The van der Waals surface area contributed by atoms with E-state index in [1.165, 1.54) is 16.2 Å². The Morgan fingerprint density at radius 1 is 1.29 bits per heavy atom. The van der Waals surface area contributed by atoms with Crippen molar-refractivity contribution in [3.05, 3.63) is 12.2 Å². The van der Waals surface area contributed by atoms with E-state index < -0.39 is 0 Å². The number of amides is 3. The van der Waals surface area contributed by atoms with Gasteiger partial charge >= 0.3 is 0 Å². The number of hydrogen-bond donors (Lipinski definition) is 1. The molecule has 1 aliphatic carbocycles. The minimum Gasteiger partial charge on any atom is -0.300 e. The molecule has 3 rings (SSSR count). The molecule has 2 aliphatic rings. The highest BCUT2D eigenvalue weighted by atomic mass is 32.2. The standard InChI is InChI=1S/C15H18N4O3S2/c1-2-23-15-18-17-14(24-15)16-11(20)7-8-19-12(21)9-5-3-4-6-10(9)13(19)22/h3-4,9-10H,2,5-8H2,1H3,(H,16,17,20)/t9-,10-/m1/s1. The number of hydrogen-bond acceptors (Lipinski definition) is 7. The van der Waals surface area contributed by atoms with Crippen molar-refractivity contribution >= 4 is 46.0 Å². The van der Waals surface area contributed by atoms with Crippen LogP contribution in [0.2, 0.25) is 0 Å². The molecule has 2 heterocycles. The van der Waals surface area contributed by atoms with Crippen LogP contribution in [0.5, 0.6) is 0 Å². The molecule has 2 atom stereocenters. The zero-order chi connectivity index (χ0) is 17.1. The molecule has 1 aromatic heterocycles. The van der Waals surface area contributed by atoms with Crippen molar-refractivity contribution in [2.45, 2.75) is 30.5 Å². The Labute approximate surface area is 147 Å². The van der Waals surface area contributed by atoms with Gasteiger partial charge in [0.25, 0.3) is 0 Å². The fourth-order valence-corrected chi connectivity index (χ4v) is 4.59. The third kappa shape index (κ3) is 3.51. The topological polar surface area (TPSA) is 92.3 Å². The predicted molar refractivity (Wildman–Crippen MR) is 91.6 cm³/mol. The minimum absolute atomic E-state index is 0.0696. The summed E-state index contributed by atoms with van der Waals surface area (Å²) in [6.45, 7) is 2.13. The first-order chi connectivity index (χ1) is 11.6. The van der Waals surface area contributed by atoms with Gasteiger partial charge in [0.1, 0.15) is 0 Å². The Bertz CT molecular complexity index is 662. The van der Waals surface area contributed by atoms with Gasteiger partial charge in [0.05, 0.1) is 11.8 Å². The number of carbonyl (C=O) groups is 3.